The van der Waals surface area contributed by atoms with Crippen molar-refractivity contribution in [1.29, 1.82) is 0 Å². The minimum atomic E-state index is -0.368. The molecule has 102 valence electrons. The van der Waals surface area contributed by atoms with Crippen molar-refractivity contribution in [3.05, 3.63) is 41.6 Å². The van der Waals surface area contributed by atoms with Crippen molar-refractivity contribution in [2.75, 3.05) is 13.2 Å². The van der Waals surface area contributed by atoms with Gasteiger partial charge in [-0.25, -0.2) is 0 Å². The molecular weight excluding hydrogens is 244 g/mol. The largest absolute Gasteiger partial charge is 0.396 e. The summed E-state index contributed by atoms with van der Waals surface area (Å²) in [5.41, 5.74) is 1.01. The summed E-state index contributed by atoms with van der Waals surface area (Å²) >= 11 is 0. The van der Waals surface area contributed by atoms with Crippen molar-refractivity contribution in [2.45, 2.75) is 13.3 Å². The fourth-order valence-electron chi connectivity index (χ4n) is 1.44. The minimum Gasteiger partial charge on any atom is -0.396 e. The first-order valence-corrected chi connectivity index (χ1v) is 6.07. The van der Waals surface area contributed by atoms with E-state index in [-0.39, 0.29) is 24.1 Å². The smallest absolute Gasteiger partial charge is 0.267 e. The first kappa shape index (κ1) is 14.9. The number of aliphatic hydroxyl groups is 1. The van der Waals surface area contributed by atoms with Gasteiger partial charge in [0.15, 0.2) is 0 Å². The zero-order chi connectivity index (χ0) is 14.1. The Morgan fingerprint density at radius 1 is 1.26 bits per heavy atom. The third-order valence-electron chi connectivity index (χ3n) is 2.29. The fourth-order valence-corrected chi connectivity index (χ4v) is 1.44. The highest BCUT2D eigenvalue weighted by Gasteiger charge is 2.10. The predicted molar refractivity (Wildman–Crippen MR) is 72.9 cm³/mol. The van der Waals surface area contributed by atoms with Crippen LogP contribution in [0.25, 0.3) is 6.08 Å². The highest BCUT2D eigenvalue weighted by molar-refractivity contribution is 6.00. The van der Waals surface area contributed by atoms with Crippen LogP contribution in [0.2, 0.25) is 0 Å². The van der Waals surface area contributed by atoms with Crippen LogP contribution in [0.3, 0.4) is 0 Å². The Hall–Kier alpha value is -2.14. The van der Waals surface area contributed by atoms with Crippen LogP contribution in [-0.2, 0) is 9.59 Å². The third-order valence-corrected chi connectivity index (χ3v) is 2.29. The second-order valence-electron chi connectivity index (χ2n) is 3.98. The lowest BCUT2D eigenvalue weighted by atomic mass is 10.2. The van der Waals surface area contributed by atoms with Gasteiger partial charge in [-0.2, -0.15) is 0 Å². The first-order chi connectivity index (χ1) is 9.13. The molecule has 0 saturated carbocycles. The van der Waals surface area contributed by atoms with Gasteiger partial charge in [0.1, 0.15) is 5.70 Å². The molecule has 0 spiro atoms. The number of hydrogen-bond donors (Lipinski definition) is 3. The van der Waals surface area contributed by atoms with Crippen molar-refractivity contribution in [1.82, 2.24) is 10.6 Å². The topological polar surface area (TPSA) is 78.4 Å². The van der Waals surface area contributed by atoms with Gasteiger partial charge in [0.25, 0.3) is 5.91 Å². The molecule has 1 aromatic rings. The molecule has 0 fully saturated rings. The maximum absolute atomic E-state index is 11.9. The van der Waals surface area contributed by atoms with E-state index in [0.29, 0.717) is 13.0 Å². The van der Waals surface area contributed by atoms with Crippen LogP contribution >= 0.6 is 0 Å². The van der Waals surface area contributed by atoms with Crippen LogP contribution in [0.5, 0.6) is 0 Å². The highest BCUT2D eigenvalue weighted by Crippen LogP contribution is 2.05. The zero-order valence-corrected chi connectivity index (χ0v) is 10.8. The number of amides is 2. The van der Waals surface area contributed by atoms with Crippen LogP contribution in [0.15, 0.2) is 36.0 Å². The summed E-state index contributed by atoms with van der Waals surface area (Å²) in [5.74, 6) is -0.674. The van der Waals surface area contributed by atoms with E-state index in [4.69, 9.17) is 5.11 Å². The number of carbonyl (C=O) groups excluding carboxylic acids is 2. The summed E-state index contributed by atoms with van der Waals surface area (Å²) in [6.45, 7) is 1.72. The molecule has 0 atom stereocenters. The summed E-state index contributed by atoms with van der Waals surface area (Å²) in [6.07, 6.45) is 2.08. The molecule has 5 nitrogen and oxygen atoms in total. The van der Waals surface area contributed by atoms with Crippen molar-refractivity contribution < 1.29 is 14.7 Å². The molecule has 0 aliphatic heterocycles. The lowest BCUT2D eigenvalue weighted by Crippen LogP contribution is -2.34. The monoisotopic (exact) mass is 262 g/mol. The van der Waals surface area contributed by atoms with Gasteiger partial charge in [0.05, 0.1) is 0 Å². The molecule has 0 radical (unpaired) electrons. The lowest BCUT2D eigenvalue weighted by Gasteiger charge is -2.09. The molecule has 0 saturated heterocycles. The van der Waals surface area contributed by atoms with Gasteiger partial charge in [-0.3, -0.25) is 9.59 Å². The van der Waals surface area contributed by atoms with Crippen LogP contribution < -0.4 is 10.6 Å². The summed E-state index contributed by atoms with van der Waals surface area (Å²) < 4.78 is 0. The number of hydrogen-bond acceptors (Lipinski definition) is 3. The zero-order valence-electron chi connectivity index (χ0n) is 10.8. The molecule has 0 aromatic heterocycles. The standard InChI is InChI=1S/C14H18N2O3/c1-11(18)16-13(14(19)15-8-5-9-17)10-12-6-3-2-4-7-12/h2-4,6-7,10,17H,5,8-9H2,1H3,(H,15,19)(H,16,18)/b13-10-. The van der Waals surface area contributed by atoms with E-state index in [1.807, 2.05) is 30.3 Å². The van der Waals surface area contributed by atoms with Gasteiger partial charge in [0, 0.05) is 20.1 Å². The van der Waals surface area contributed by atoms with Crippen molar-refractivity contribution in [3.63, 3.8) is 0 Å². The molecule has 0 heterocycles. The van der Waals surface area contributed by atoms with E-state index in [2.05, 4.69) is 10.6 Å². The quantitative estimate of drug-likeness (QED) is 0.520. The number of benzene rings is 1. The van der Waals surface area contributed by atoms with Crippen LogP contribution in [0.1, 0.15) is 18.9 Å². The van der Waals surface area contributed by atoms with E-state index in [1.165, 1.54) is 6.92 Å². The molecule has 0 unspecified atom stereocenters. The molecule has 2 amide bonds. The van der Waals surface area contributed by atoms with Gasteiger partial charge in [0.2, 0.25) is 5.91 Å². The predicted octanol–water partition coefficient (Wildman–Crippen LogP) is 0.662. The van der Waals surface area contributed by atoms with Gasteiger partial charge < -0.3 is 15.7 Å². The summed E-state index contributed by atoms with van der Waals surface area (Å²) in [7, 11) is 0. The van der Waals surface area contributed by atoms with Crippen LogP contribution in [0.4, 0.5) is 0 Å². The van der Waals surface area contributed by atoms with Crippen molar-refractivity contribution in [2.24, 2.45) is 0 Å². The number of aliphatic hydroxyl groups excluding tert-OH is 1. The Balaban J connectivity index is 2.79. The second-order valence-corrected chi connectivity index (χ2v) is 3.98. The number of nitrogens with one attached hydrogen (secondary N) is 2. The van der Waals surface area contributed by atoms with Crippen molar-refractivity contribution >= 4 is 17.9 Å². The maximum Gasteiger partial charge on any atom is 0.267 e. The molecule has 0 aliphatic carbocycles. The number of rotatable bonds is 6. The molecule has 1 rings (SSSR count). The van der Waals surface area contributed by atoms with E-state index in [1.54, 1.807) is 6.08 Å². The van der Waals surface area contributed by atoms with Crippen LogP contribution in [-0.4, -0.2) is 30.1 Å². The SMILES string of the molecule is CC(=O)N/C(=C\c1ccccc1)C(=O)NCCCO. The van der Waals surface area contributed by atoms with E-state index < -0.39 is 0 Å². The van der Waals surface area contributed by atoms with E-state index >= 15 is 0 Å². The minimum absolute atomic E-state index is 0.0121. The summed E-state index contributed by atoms with van der Waals surface area (Å²) in [5, 5.41) is 13.8. The molecule has 1 aromatic carbocycles. The Labute approximate surface area is 112 Å². The molecule has 19 heavy (non-hydrogen) atoms. The molecule has 0 aliphatic rings. The van der Waals surface area contributed by atoms with E-state index in [0.717, 1.165) is 5.56 Å². The summed E-state index contributed by atoms with van der Waals surface area (Å²) in [6, 6.07) is 9.24. The Morgan fingerprint density at radius 3 is 2.53 bits per heavy atom. The number of carbonyl (C=O) groups is 2. The molecular formula is C14H18N2O3. The molecule has 5 heteroatoms. The Bertz CT molecular complexity index is 455. The average Bonchev–Trinajstić information content (AvgIpc) is 2.39. The average molecular weight is 262 g/mol. The van der Waals surface area contributed by atoms with Crippen molar-refractivity contribution in [3.8, 4) is 0 Å². The molecule has 0 bridgehead atoms. The fraction of sp³-hybridized carbons (Fsp3) is 0.286. The second kappa shape index (κ2) is 8.05. The van der Waals surface area contributed by atoms with Gasteiger partial charge in [-0.1, -0.05) is 30.3 Å². The van der Waals surface area contributed by atoms with Gasteiger partial charge >= 0.3 is 0 Å². The lowest BCUT2D eigenvalue weighted by molar-refractivity contribution is -0.122. The highest BCUT2D eigenvalue weighted by atomic mass is 16.3. The Morgan fingerprint density at radius 2 is 1.95 bits per heavy atom. The first-order valence-electron chi connectivity index (χ1n) is 6.07. The van der Waals surface area contributed by atoms with Gasteiger partial charge in [-0.15, -0.1) is 0 Å². The molecule has 3 N–H and O–H groups in total. The normalized spacial score (nSPS) is 10.9. The van der Waals surface area contributed by atoms with Crippen LogP contribution in [0, 0.1) is 0 Å². The van der Waals surface area contributed by atoms with E-state index in [9.17, 15) is 9.59 Å². The van der Waals surface area contributed by atoms with Gasteiger partial charge in [-0.05, 0) is 18.1 Å². The maximum atomic E-state index is 11.9. The Kier molecular flexibility index (Phi) is 6.32. The summed E-state index contributed by atoms with van der Waals surface area (Å²) in [4.78, 5) is 23.0. The third kappa shape index (κ3) is 5.83.